The fraction of sp³-hybridized carbons (Fsp3) is 1.00. The zero-order valence-electron chi connectivity index (χ0n) is 11.8. The summed E-state index contributed by atoms with van der Waals surface area (Å²) in [6, 6.07) is 0.353. The SMILES string of the molecule is CC(C)N1C[C@@H]2O[C@H]3OC4(CCCC4)O[C@H]3[C@@H]2OP1Cl. The fourth-order valence-electron chi connectivity index (χ4n) is 3.62. The van der Waals surface area contributed by atoms with Crippen molar-refractivity contribution in [2.45, 2.75) is 76.0 Å². The summed E-state index contributed by atoms with van der Waals surface area (Å²) >= 11 is 6.40. The minimum absolute atomic E-state index is 0.00338. The van der Waals surface area contributed by atoms with E-state index in [1.807, 2.05) is 0 Å². The third-order valence-corrected chi connectivity index (χ3v) is 6.96. The summed E-state index contributed by atoms with van der Waals surface area (Å²) in [6.45, 7) is 5.04. The van der Waals surface area contributed by atoms with Gasteiger partial charge in [-0.05, 0) is 37.9 Å². The summed E-state index contributed by atoms with van der Waals surface area (Å²) < 4.78 is 26.5. The van der Waals surface area contributed by atoms with Gasteiger partial charge in [0, 0.05) is 25.4 Å². The van der Waals surface area contributed by atoms with Crippen LogP contribution in [0.15, 0.2) is 0 Å². The second-order valence-electron chi connectivity index (χ2n) is 6.37. The maximum atomic E-state index is 6.40. The van der Waals surface area contributed by atoms with Crippen molar-refractivity contribution in [1.29, 1.82) is 0 Å². The van der Waals surface area contributed by atoms with Crippen LogP contribution in [0.1, 0.15) is 39.5 Å². The number of halogens is 1. The predicted molar refractivity (Wildman–Crippen MR) is 75.3 cm³/mol. The Bertz CT molecular complexity index is 393. The molecule has 1 aliphatic carbocycles. The van der Waals surface area contributed by atoms with Crippen molar-refractivity contribution in [2.24, 2.45) is 0 Å². The highest BCUT2D eigenvalue weighted by atomic mass is 35.7. The first-order valence-corrected chi connectivity index (χ1v) is 9.60. The van der Waals surface area contributed by atoms with Gasteiger partial charge >= 0.3 is 0 Å². The van der Waals surface area contributed by atoms with Crippen LogP contribution in [0.5, 0.6) is 0 Å². The van der Waals surface area contributed by atoms with Gasteiger partial charge in [-0.25, -0.2) is 4.67 Å². The molecule has 0 radical (unpaired) electrons. The summed E-state index contributed by atoms with van der Waals surface area (Å²) in [5.41, 5.74) is 0. The van der Waals surface area contributed by atoms with Gasteiger partial charge in [0.15, 0.2) is 12.1 Å². The van der Waals surface area contributed by atoms with Crippen LogP contribution < -0.4 is 0 Å². The molecule has 4 fully saturated rings. The first-order valence-electron chi connectivity index (χ1n) is 7.48. The highest BCUT2D eigenvalue weighted by molar-refractivity contribution is 7.78. The summed E-state index contributed by atoms with van der Waals surface area (Å²) in [5, 5.41) is 0. The standard InChI is InChI=1S/C13H21ClNO4P/c1-8(2)15-7-9-10(19-20(15)14)11-12(16-9)18-13(17-11)5-3-4-6-13/h8-12H,3-7H2,1-2H3/t9-,10+,11-,12-,20?/m0/s1. The van der Waals surface area contributed by atoms with Gasteiger partial charge in [0.05, 0.1) is 0 Å². The average molecular weight is 322 g/mol. The summed E-state index contributed by atoms with van der Waals surface area (Å²) in [7, 11) is -1.08. The van der Waals surface area contributed by atoms with E-state index in [0.717, 1.165) is 32.2 Å². The monoisotopic (exact) mass is 321 g/mol. The van der Waals surface area contributed by atoms with E-state index >= 15 is 0 Å². The Morgan fingerprint density at radius 1 is 1.20 bits per heavy atom. The van der Waals surface area contributed by atoms with E-state index in [2.05, 4.69) is 18.5 Å². The Morgan fingerprint density at radius 3 is 2.65 bits per heavy atom. The lowest BCUT2D eigenvalue weighted by molar-refractivity contribution is -0.230. The molecule has 3 aliphatic heterocycles. The van der Waals surface area contributed by atoms with Crippen molar-refractivity contribution < 1.29 is 18.7 Å². The van der Waals surface area contributed by atoms with Crippen LogP contribution in [0.25, 0.3) is 0 Å². The molecule has 1 unspecified atom stereocenters. The zero-order valence-corrected chi connectivity index (χ0v) is 13.5. The maximum absolute atomic E-state index is 6.40. The largest absolute Gasteiger partial charge is 0.342 e. The van der Waals surface area contributed by atoms with Crippen LogP contribution in [0.3, 0.4) is 0 Å². The van der Waals surface area contributed by atoms with Gasteiger partial charge in [-0.15, -0.1) is 0 Å². The third kappa shape index (κ3) is 2.14. The molecule has 0 aromatic rings. The zero-order chi connectivity index (χ0) is 13.9. The van der Waals surface area contributed by atoms with E-state index in [-0.39, 0.29) is 24.6 Å². The smallest absolute Gasteiger partial charge is 0.207 e. The summed E-state index contributed by atoms with van der Waals surface area (Å²) in [4.78, 5) is 0. The molecule has 5 nitrogen and oxygen atoms in total. The molecule has 4 rings (SSSR count). The van der Waals surface area contributed by atoms with Crippen LogP contribution >= 0.6 is 18.9 Å². The molecule has 3 heterocycles. The van der Waals surface area contributed by atoms with E-state index in [9.17, 15) is 0 Å². The predicted octanol–water partition coefficient (Wildman–Crippen LogP) is 2.97. The highest BCUT2D eigenvalue weighted by Gasteiger charge is 2.61. The van der Waals surface area contributed by atoms with Crippen molar-refractivity contribution in [1.82, 2.24) is 4.67 Å². The van der Waals surface area contributed by atoms with Gasteiger partial charge < -0.3 is 18.7 Å². The first kappa shape index (κ1) is 14.1. The molecule has 0 N–H and O–H groups in total. The van der Waals surface area contributed by atoms with Crippen LogP contribution in [0.2, 0.25) is 0 Å². The fourth-order valence-corrected chi connectivity index (χ4v) is 5.84. The molecular weight excluding hydrogens is 301 g/mol. The van der Waals surface area contributed by atoms with Crippen molar-refractivity contribution in [3.63, 3.8) is 0 Å². The minimum Gasteiger partial charge on any atom is -0.342 e. The quantitative estimate of drug-likeness (QED) is 0.694. The van der Waals surface area contributed by atoms with Gasteiger partial charge in [-0.3, -0.25) is 0 Å². The van der Waals surface area contributed by atoms with Crippen molar-refractivity contribution in [3.05, 3.63) is 0 Å². The Labute approximate surface area is 125 Å². The average Bonchev–Trinajstić information content (AvgIpc) is 3.05. The van der Waals surface area contributed by atoms with Gasteiger partial charge in [0.2, 0.25) is 7.65 Å². The number of hydrogen-bond donors (Lipinski definition) is 0. The molecule has 0 aromatic carbocycles. The molecule has 0 aromatic heterocycles. The third-order valence-electron chi connectivity index (χ3n) is 4.69. The normalized spacial score (nSPS) is 47.1. The molecule has 4 aliphatic rings. The topological polar surface area (TPSA) is 40.2 Å². The van der Waals surface area contributed by atoms with E-state index < -0.39 is 13.4 Å². The van der Waals surface area contributed by atoms with Gasteiger partial charge in [-0.1, -0.05) is 0 Å². The number of nitrogens with zero attached hydrogens (tertiary/aromatic N) is 1. The van der Waals surface area contributed by atoms with E-state index in [0.29, 0.717) is 6.04 Å². The lowest BCUT2D eigenvalue weighted by Crippen LogP contribution is -2.47. The van der Waals surface area contributed by atoms with Gasteiger partial charge in [0.1, 0.15) is 18.3 Å². The highest BCUT2D eigenvalue weighted by Crippen LogP contribution is 2.57. The second-order valence-corrected chi connectivity index (χ2v) is 8.42. The molecule has 1 spiro atoms. The molecular formula is C13H21ClNO4P. The molecule has 114 valence electrons. The number of rotatable bonds is 1. The van der Waals surface area contributed by atoms with E-state index in [1.165, 1.54) is 0 Å². The summed E-state index contributed by atoms with van der Waals surface area (Å²) in [6.07, 6.45) is 3.78. The molecule has 5 atom stereocenters. The maximum Gasteiger partial charge on any atom is 0.207 e. The van der Waals surface area contributed by atoms with Gasteiger partial charge in [-0.2, -0.15) is 0 Å². The van der Waals surface area contributed by atoms with Crippen LogP contribution in [0.4, 0.5) is 0 Å². The van der Waals surface area contributed by atoms with Crippen LogP contribution in [-0.2, 0) is 18.7 Å². The first-order chi connectivity index (χ1) is 9.58. The molecule has 0 amide bonds. The number of hydrogen-bond acceptors (Lipinski definition) is 5. The molecule has 3 saturated heterocycles. The van der Waals surface area contributed by atoms with Gasteiger partial charge in [0.25, 0.3) is 0 Å². The lowest BCUT2D eigenvalue weighted by Gasteiger charge is -2.40. The van der Waals surface area contributed by atoms with Crippen LogP contribution in [0, 0.1) is 0 Å². The number of ether oxygens (including phenoxy) is 3. The molecule has 1 saturated carbocycles. The van der Waals surface area contributed by atoms with Crippen LogP contribution in [-0.4, -0.2) is 47.6 Å². The molecule has 7 heteroatoms. The van der Waals surface area contributed by atoms with Crippen molar-refractivity contribution in [2.75, 3.05) is 6.54 Å². The van der Waals surface area contributed by atoms with Crippen molar-refractivity contribution in [3.8, 4) is 0 Å². The molecule has 0 bridgehead atoms. The Morgan fingerprint density at radius 2 is 1.95 bits per heavy atom. The minimum atomic E-state index is -1.08. The lowest BCUT2D eigenvalue weighted by atomic mass is 10.1. The Balaban J connectivity index is 1.49. The Kier molecular flexibility index (Phi) is 3.55. The van der Waals surface area contributed by atoms with E-state index in [1.54, 1.807) is 0 Å². The summed E-state index contributed by atoms with van der Waals surface area (Å²) in [5.74, 6) is -0.409. The number of fused-ring (bicyclic) bond motifs is 3. The second kappa shape index (κ2) is 5.02. The van der Waals surface area contributed by atoms with E-state index in [4.69, 9.17) is 30.0 Å². The molecule has 20 heavy (non-hydrogen) atoms. The van der Waals surface area contributed by atoms with Crippen molar-refractivity contribution >= 4 is 18.9 Å². The Hall–Kier alpha value is 0.520.